The molecular formula is C13H18F3NO. The highest BCUT2D eigenvalue weighted by Gasteiger charge is 2.33. The second kappa shape index (κ2) is 5.98. The molecule has 2 nitrogen and oxygen atoms in total. The van der Waals surface area contributed by atoms with E-state index in [9.17, 15) is 13.2 Å². The van der Waals surface area contributed by atoms with Crippen molar-refractivity contribution in [3.63, 3.8) is 0 Å². The average molecular weight is 261 g/mol. The van der Waals surface area contributed by atoms with E-state index in [4.69, 9.17) is 10.5 Å². The van der Waals surface area contributed by atoms with Crippen molar-refractivity contribution >= 4 is 5.69 Å². The van der Waals surface area contributed by atoms with Crippen molar-refractivity contribution in [3.05, 3.63) is 23.8 Å². The molecule has 0 aliphatic rings. The number of hydrogen-bond donors (Lipinski definition) is 1. The molecule has 0 saturated carbocycles. The van der Waals surface area contributed by atoms with Crippen LogP contribution in [0.15, 0.2) is 18.2 Å². The Morgan fingerprint density at radius 1 is 1.33 bits per heavy atom. The second-order valence-electron chi connectivity index (χ2n) is 4.45. The predicted molar refractivity (Wildman–Crippen MR) is 65.4 cm³/mol. The smallest absolute Gasteiger partial charge is 0.418 e. The number of halogens is 3. The maximum absolute atomic E-state index is 12.6. The van der Waals surface area contributed by atoms with E-state index in [-0.39, 0.29) is 11.4 Å². The Morgan fingerprint density at radius 2 is 2.00 bits per heavy atom. The fraction of sp³-hybridized carbons (Fsp3) is 0.538. The minimum atomic E-state index is -4.45. The van der Waals surface area contributed by atoms with Crippen LogP contribution < -0.4 is 10.5 Å². The molecule has 0 fully saturated rings. The van der Waals surface area contributed by atoms with Gasteiger partial charge in [0, 0.05) is 5.69 Å². The summed E-state index contributed by atoms with van der Waals surface area (Å²) in [6, 6.07) is 3.64. The molecular weight excluding hydrogens is 243 g/mol. The molecule has 0 radical (unpaired) electrons. The first-order valence-electron chi connectivity index (χ1n) is 5.94. The minimum Gasteiger partial charge on any atom is -0.493 e. The van der Waals surface area contributed by atoms with Gasteiger partial charge in [-0.2, -0.15) is 13.2 Å². The summed E-state index contributed by atoms with van der Waals surface area (Å²) in [6.45, 7) is 4.47. The third-order valence-electron chi connectivity index (χ3n) is 2.65. The van der Waals surface area contributed by atoms with Crippen LogP contribution in [0.1, 0.15) is 32.3 Å². The molecule has 102 valence electrons. The lowest BCUT2D eigenvalue weighted by Crippen LogP contribution is -2.11. The van der Waals surface area contributed by atoms with Crippen LogP contribution in [0.25, 0.3) is 0 Å². The molecule has 2 N–H and O–H groups in total. The predicted octanol–water partition coefficient (Wildman–Crippen LogP) is 4.10. The Hall–Kier alpha value is -1.39. The van der Waals surface area contributed by atoms with Crippen LogP contribution in [0.4, 0.5) is 18.9 Å². The topological polar surface area (TPSA) is 35.2 Å². The second-order valence-corrected chi connectivity index (χ2v) is 4.45. The van der Waals surface area contributed by atoms with Crippen LogP contribution in [-0.2, 0) is 6.18 Å². The summed E-state index contributed by atoms with van der Waals surface area (Å²) < 4.78 is 43.2. The minimum absolute atomic E-state index is 0.208. The van der Waals surface area contributed by atoms with Crippen molar-refractivity contribution in [3.8, 4) is 5.75 Å². The number of nitrogens with two attached hydrogens (primary N) is 1. The summed E-state index contributed by atoms with van der Waals surface area (Å²) >= 11 is 0. The number of hydrogen-bond acceptors (Lipinski definition) is 2. The molecule has 18 heavy (non-hydrogen) atoms. The van der Waals surface area contributed by atoms with Gasteiger partial charge in [-0.1, -0.05) is 20.3 Å². The van der Waals surface area contributed by atoms with Gasteiger partial charge in [0.05, 0.1) is 12.2 Å². The summed E-state index contributed by atoms with van der Waals surface area (Å²) in [4.78, 5) is 0. The number of nitrogen functional groups attached to an aromatic ring is 1. The SMILES string of the molecule is CCCC(C)COc1ccc(N)c(C(F)(F)F)c1. The third kappa shape index (κ3) is 4.13. The lowest BCUT2D eigenvalue weighted by molar-refractivity contribution is -0.137. The highest BCUT2D eigenvalue weighted by Crippen LogP contribution is 2.35. The average Bonchev–Trinajstić information content (AvgIpc) is 2.27. The van der Waals surface area contributed by atoms with Gasteiger partial charge in [0.1, 0.15) is 5.75 Å². The van der Waals surface area contributed by atoms with Crippen LogP contribution in [0.2, 0.25) is 0 Å². The van der Waals surface area contributed by atoms with E-state index in [1.807, 2.05) is 6.92 Å². The van der Waals surface area contributed by atoms with Gasteiger partial charge in [0.25, 0.3) is 0 Å². The largest absolute Gasteiger partial charge is 0.493 e. The number of anilines is 1. The zero-order chi connectivity index (χ0) is 13.8. The standard InChI is InChI=1S/C13H18F3NO/c1-3-4-9(2)8-18-10-5-6-12(17)11(7-10)13(14,15)16/h5-7,9H,3-4,8,17H2,1-2H3. The summed E-state index contributed by atoms with van der Waals surface area (Å²) in [7, 11) is 0. The molecule has 0 heterocycles. The first-order valence-corrected chi connectivity index (χ1v) is 5.94. The zero-order valence-corrected chi connectivity index (χ0v) is 10.6. The molecule has 0 saturated heterocycles. The molecule has 0 bridgehead atoms. The summed E-state index contributed by atoms with van der Waals surface area (Å²) in [5.41, 5.74) is 4.18. The van der Waals surface area contributed by atoms with Gasteiger partial charge in [0.2, 0.25) is 0 Å². The normalized spacial score (nSPS) is 13.4. The van der Waals surface area contributed by atoms with E-state index in [0.717, 1.165) is 18.9 Å². The van der Waals surface area contributed by atoms with Gasteiger partial charge < -0.3 is 10.5 Å². The van der Waals surface area contributed by atoms with Gasteiger partial charge in [-0.3, -0.25) is 0 Å². The summed E-state index contributed by atoms with van der Waals surface area (Å²) in [6.07, 6.45) is -2.43. The highest BCUT2D eigenvalue weighted by atomic mass is 19.4. The molecule has 0 aromatic heterocycles. The van der Waals surface area contributed by atoms with Crippen LogP contribution in [0.5, 0.6) is 5.75 Å². The van der Waals surface area contributed by atoms with Crippen LogP contribution in [-0.4, -0.2) is 6.61 Å². The van der Waals surface area contributed by atoms with E-state index in [1.54, 1.807) is 0 Å². The Labute approximate surface area is 105 Å². The molecule has 0 amide bonds. The molecule has 0 aliphatic carbocycles. The van der Waals surface area contributed by atoms with Gasteiger partial charge in [-0.05, 0) is 30.5 Å². The third-order valence-corrected chi connectivity index (χ3v) is 2.65. The molecule has 1 rings (SSSR count). The van der Waals surface area contributed by atoms with Crippen molar-refractivity contribution in [2.24, 2.45) is 5.92 Å². The first kappa shape index (κ1) is 14.7. The molecule has 1 aromatic carbocycles. The van der Waals surface area contributed by atoms with Gasteiger partial charge in [-0.25, -0.2) is 0 Å². The summed E-state index contributed by atoms with van der Waals surface area (Å²) in [5, 5.41) is 0. The quantitative estimate of drug-likeness (QED) is 0.810. The fourth-order valence-corrected chi connectivity index (χ4v) is 1.69. The summed E-state index contributed by atoms with van der Waals surface area (Å²) in [5.74, 6) is 0.529. The molecule has 1 aromatic rings. The van der Waals surface area contributed by atoms with Gasteiger partial charge in [0.15, 0.2) is 0 Å². The molecule has 0 aliphatic heterocycles. The lowest BCUT2D eigenvalue weighted by Gasteiger charge is -2.15. The van der Waals surface area contributed by atoms with Gasteiger partial charge in [-0.15, -0.1) is 0 Å². The number of ether oxygens (including phenoxy) is 1. The monoisotopic (exact) mass is 261 g/mol. The molecule has 1 unspecified atom stereocenters. The fourth-order valence-electron chi connectivity index (χ4n) is 1.69. The van der Waals surface area contributed by atoms with Crippen molar-refractivity contribution in [2.45, 2.75) is 32.9 Å². The van der Waals surface area contributed by atoms with Crippen molar-refractivity contribution < 1.29 is 17.9 Å². The van der Waals surface area contributed by atoms with Crippen molar-refractivity contribution in [1.82, 2.24) is 0 Å². The van der Waals surface area contributed by atoms with E-state index in [0.29, 0.717) is 12.5 Å². The highest BCUT2D eigenvalue weighted by molar-refractivity contribution is 5.51. The molecule has 5 heteroatoms. The maximum Gasteiger partial charge on any atom is 0.418 e. The Morgan fingerprint density at radius 3 is 2.56 bits per heavy atom. The number of rotatable bonds is 5. The Kier molecular flexibility index (Phi) is 4.87. The molecule has 1 atom stereocenters. The van der Waals surface area contributed by atoms with E-state index in [2.05, 4.69) is 6.92 Å². The maximum atomic E-state index is 12.6. The Balaban J connectivity index is 2.74. The number of benzene rings is 1. The van der Waals surface area contributed by atoms with Crippen molar-refractivity contribution in [1.29, 1.82) is 0 Å². The molecule has 0 spiro atoms. The Bertz CT molecular complexity index is 390. The van der Waals surface area contributed by atoms with Crippen LogP contribution >= 0.6 is 0 Å². The zero-order valence-electron chi connectivity index (χ0n) is 10.6. The van der Waals surface area contributed by atoms with Crippen LogP contribution in [0, 0.1) is 5.92 Å². The first-order chi connectivity index (χ1) is 8.34. The van der Waals surface area contributed by atoms with Gasteiger partial charge >= 0.3 is 6.18 Å². The van der Waals surface area contributed by atoms with E-state index in [1.165, 1.54) is 12.1 Å². The van der Waals surface area contributed by atoms with Crippen molar-refractivity contribution in [2.75, 3.05) is 12.3 Å². The van der Waals surface area contributed by atoms with Crippen LogP contribution in [0.3, 0.4) is 0 Å². The number of alkyl halides is 3. The van der Waals surface area contributed by atoms with E-state index >= 15 is 0 Å². The van der Waals surface area contributed by atoms with E-state index < -0.39 is 11.7 Å². The lowest BCUT2D eigenvalue weighted by atomic mass is 10.1.